The lowest BCUT2D eigenvalue weighted by molar-refractivity contribution is -0.189. The summed E-state index contributed by atoms with van der Waals surface area (Å²) in [5, 5.41) is 0. The molecular formula is C32H18F10O. The number of ether oxygens (including phenoxy) is 1. The summed E-state index contributed by atoms with van der Waals surface area (Å²) in [4.78, 5) is 0. The number of benzene rings is 4. The molecule has 0 spiro atoms. The van der Waals surface area contributed by atoms with Gasteiger partial charge in [0.25, 0.3) is 0 Å². The maximum absolute atomic E-state index is 14.9. The van der Waals surface area contributed by atoms with Gasteiger partial charge < -0.3 is 4.74 Å². The summed E-state index contributed by atoms with van der Waals surface area (Å²) >= 11 is 0. The largest absolute Gasteiger partial charge is 0.432 e. The standard InChI is InChI=1S/C32H18F10O/c1-2-3-4-5-17-10-26(36)30(27(37)11-17)32(41,42)43-20-7-9-21(25(35)16-20)19-14-23(33)22(24(34)15-19)8-6-18-12-28(38)31(40)29(39)13-18/h2-3,7,9-16H,4-5H2,1H3/b3-2+. The van der Waals surface area contributed by atoms with Crippen LogP contribution in [0.25, 0.3) is 11.1 Å². The van der Waals surface area contributed by atoms with E-state index in [-0.39, 0.29) is 17.5 Å². The third-order valence-corrected chi connectivity index (χ3v) is 6.08. The molecule has 11 heteroatoms. The van der Waals surface area contributed by atoms with Crippen LogP contribution in [0.2, 0.25) is 0 Å². The van der Waals surface area contributed by atoms with Crippen molar-refractivity contribution in [2.45, 2.75) is 25.9 Å². The van der Waals surface area contributed by atoms with Crippen LogP contribution in [-0.4, -0.2) is 0 Å². The van der Waals surface area contributed by atoms with Gasteiger partial charge in [0.2, 0.25) is 0 Å². The number of rotatable bonds is 7. The SMILES string of the molecule is C/C=C/CCc1cc(F)c(C(F)(F)Oc2ccc(-c3cc(F)c(C#Cc4cc(F)c(F)c(F)c4)c(F)c3)c(F)c2)c(F)c1. The average Bonchev–Trinajstić information content (AvgIpc) is 2.90. The van der Waals surface area contributed by atoms with Crippen molar-refractivity contribution in [1.29, 1.82) is 0 Å². The van der Waals surface area contributed by atoms with E-state index < -0.39 is 80.6 Å². The zero-order valence-electron chi connectivity index (χ0n) is 22.0. The Bertz CT molecular complexity index is 1710. The van der Waals surface area contributed by atoms with Crippen LogP contribution in [0.4, 0.5) is 43.9 Å². The Hall–Kier alpha value is -4.72. The van der Waals surface area contributed by atoms with Crippen molar-refractivity contribution in [3.8, 4) is 28.7 Å². The van der Waals surface area contributed by atoms with E-state index >= 15 is 0 Å². The van der Waals surface area contributed by atoms with Crippen LogP contribution in [0.15, 0.2) is 66.7 Å². The highest BCUT2D eigenvalue weighted by molar-refractivity contribution is 5.66. The minimum atomic E-state index is -4.56. The van der Waals surface area contributed by atoms with Crippen molar-refractivity contribution >= 4 is 0 Å². The predicted molar refractivity (Wildman–Crippen MR) is 138 cm³/mol. The van der Waals surface area contributed by atoms with Crippen molar-refractivity contribution in [3.63, 3.8) is 0 Å². The van der Waals surface area contributed by atoms with Gasteiger partial charge >= 0.3 is 6.11 Å². The first-order valence-corrected chi connectivity index (χ1v) is 12.4. The van der Waals surface area contributed by atoms with E-state index in [1.54, 1.807) is 19.1 Å². The van der Waals surface area contributed by atoms with Crippen LogP contribution < -0.4 is 4.74 Å². The summed E-state index contributed by atoms with van der Waals surface area (Å²) in [7, 11) is 0. The van der Waals surface area contributed by atoms with Crippen LogP contribution in [0.3, 0.4) is 0 Å². The Morgan fingerprint density at radius 1 is 0.698 bits per heavy atom. The number of hydrogen-bond acceptors (Lipinski definition) is 1. The Kier molecular flexibility index (Phi) is 9.19. The van der Waals surface area contributed by atoms with Gasteiger partial charge in [-0.05, 0) is 79.4 Å². The number of hydrogen-bond donors (Lipinski definition) is 0. The number of allylic oxidation sites excluding steroid dienone is 2. The maximum atomic E-state index is 14.9. The van der Waals surface area contributed by atoms with Gasteiger partial charge in [-0.15, -0.1) is 0 Å². The molecule has 0 atom stereocenters. The summed E-state index contributed by atoms with van der Waals surface area (Å²) in [5.41, 5.74) is -3.67. The fourth-order valence-corrected chi connectivity index (χ4v) is 4.07. The summed E-state index contributed by atoms with van der Waals surface area (Å²) in [6, 6.07) is 5.93. The van der Waals surface area contributed by atoms with Gasteiger partial charge in [-0.1, -0.05) is 24.0 Å². The summed E-state index contributed by atoms with van der Waals surface area (Å²) < 4.78 is 147. The third-order valence-electron chi connectivity index (χ3n) is 6.08. The topological polar surface area (TPSA) is 9.23 Å². The second-order valence-corrected chi connectivity index (χ2v) is 9.12. The highest BCUT2D eigenvalue weighted by Crippen LogP contribution is 2.37. The van der Waals surface area contributed by atoms with Gasteiger partial charge in [-0.2, -0.15) is 8.78 Å². The van der Waals surface area contributed by atoms with E-state index in [0.717, 1.165) is 24.3 Å². The first kappa shape index (κ1) is 31.2. The summed E-state index contributed by atoms with van der Waals surface area (Å²) in [6.45, 7) is 1.74. The number of alkyl halides is 2. The van der Waals surface area contributed by atoms with Gasteiger partial charge in [-0.25, -0.2) is 35.1 Å². The van der Waals surface area contributed by atoms with Crippen LogP contribution >= 0.6 is 0 Å². The zero-order chi connectivity index (χ0) is 31.5. The van der Waals surface area contributed by atoms with E-state index in [9.17, 15) is 43.9 Å². The van der Waals surface area contributed by atoms with E-state index in [4.69, 9.17) is 0 Å². The molecule has 4 rings (SSSR count). The van der Waals surface area contributed by atoms with E-state index in [1.165, 1.54) is 0 Å². The van der Waals surface area contributed by atoms with Crippen LogP contribution in [0, 0.1) is 58.4 Å². The van der Waals surface area contributed by atoms with E-state index in [0.29, 0.717) is 36.8 Å². The number of halogens is 10. The molecule has 0 N–H and O–H groups in total. The lowest BCUT2D eigenvalue weighted by Gasteiger charge is -2.20. The van der Waals surface area contributed by atoms with Crippen LogP contribution in [0.1, 0.15) is 35.6 Å². The molecule has 0 fully saturated rings. The summed E-state index contributed by atoms with van der Waals surface area (Å²) in [5.74, 6) is -8.64. The first-order valence-electron chi connectivity index (χ1n) is 12.4. The number of aryl methyl sites for hydroxylation is 1. The lowest BCUT2D eigenvalue weighted by atomic mass is 10.0. The van der Waals surface area contributed by atoms with Crippen molar-refractivity contribution in [2.75, 3.05) is 0 Å². The second kappa shape index (κ2) is 12.7. The molecule has 1 nitrogen and oxygen atoms in total. The molecule has 43 heavy (non-hydrogen) atoms. The Balaban J connectivity index is 1.58. The van der Waals surface area contributed by atoms with Crippen molar-refractivity contribution in [2.24, 2.45) is 0 Å². The molecule has 0 saturated carbocycles. The fourth-order valence-electron chi connectivity index (χ4n) is 4.07. The minimum Gasteiger partial charge on any atom is -0.429 e. The van der Waals surface area contributed by atoms with Crippen LogP contribution in [0.5, 0.6) is 5.75 Å². The predicted octanol–water partition coefficient (Wildman–Crippen LogP) is 9.50. The van der Waals surface area contributed by atoms with Crippen molar-refractivity contribution < 1.29 is 48.6 Å². The molecular weight excluding hydrogens is 590 g/mol. The molecule has 0 aromatic heterocycles. The Labute approximate surface area is 239 Å². The molecule has 0 unspecified atom stereocenters. The maximum Gasteiger partial charge on any atom is 0.432 e. The van der Waals surface area contributed by atoms with Gasteiger partial charge in [-0.3, -0.25) is 0 Å². The van der Waals surface area contributed by atoms with Gasteiger partial charge in [0.15, 0.2) is 17.5 Å². The van der Waals surface area contributed by atoms with Gasteiger partial charge in [0, 0.05) is 17.2 Å². The van der Waals surface area contributed by atoms with Gasteiger partial charge in [0.05, 0.1) is 5.56 Å². The molecule has 0 aliphatic carbocycles. The molecule has 4 aromatic carbocycles. The molecule has 222 valence electrons. The van der Waals surface area contributed by atoms with Crippen molar-refractivity contribution in [1.82, 2.24) is 0 Å². The second-order valence-electron chi connectivity index (χ2n) is 9.12. The first-order chi connectivity index (χ1) is 20.3. The minimum absolute atomic E-state index is 0.137. The molecule has 0 radical (unpaired) electrons. The van der Waals surface area contributed by atoms with Crippen molar-refractivity contribution in [3.05, 3.63) is 136 Å². The molecule has 0 heterocycles. The normalized spacial score (nSPS) is 11.5. The fraction of sp³-hybridized carbons (Fsp3) is 0.125. The Morgan fingerprint density at radius 3 is 1.86 bits per heavy atom. The quantitative estimate of drug-likeness (QED) is 0.0879. The highest BCUT2D eigenvalue weighted by Gasteiger charge is 2.41. The summed E-state index contributed by atoms with van der Waals surface area (Å²) in [6.07, 6.45) is -0.487. The average molecular weight is 608 g/mol. The molecule has 0 saturated heterocycles. The lowest BCUT2D eigenvalue weighted by Crippen LogP contribution is -2.25. The third kappa shape index (κ3) is 7.02. The molecule has 0 amide bonds. The molecule has 0 bridgehead atoms. The molecule has 0 aliphatic rings. The van der Waals surface area contributed by atoms with E-state index in [1.807, 2.05) is 5.92 Å². The molecule has 4 aromatic rings. The monoisotopic (exact) mass is 608 g/mol. The van der Waals surface area contributed by atoms with Gasteiger partial charge in [0.1, 0.15) is 40.4 Å². The van der Waals surface area contributed by atoms with Crippen LogP contribution in [-0.2, 0) is 12.5 Å². The highest BCUT2D eigenvalue weighted by atomic mass is 19.3. The molecule has 0 aliphatic heterocycles. The van der Waals surface area contributed by atoms with E-state index in [2.05, 4.69) is 10.7 Å². The zero-order valence-corrected chi connectivity index (χ0v) is 22.0. The smallest absolute Gasteiger partial charge is 0.429 e. The Morgan fingerprint density at radius 2 is 1.30 bits per heavy atom.